The van der Waals surface area contributed by atoms with Crippen molar-refractivity contribution in [3.8, 4) is 5.75 Å². The van der Waals surface area contributed by atoms with Crippen LogP contribution in [0.5, 0.6) is 5.75 Å². The molecule has 2 bridgehead atoms. The van der Waals surface area contributed by atoms with Crippen LogP contribution in [0.1, 0.15) is 31.2 Å². The van der Waals surface area contributed by atoms with E-state index in [0.29, 0.717) is 18.4 Å². The van der Waals surface area contributed by atoms with E-state index in [4.69, 9.17) is 4.74 Å². The average molecular weight is 288 g/mol. The average Bonchev–Trinajstić information content (AvgIpc) is 2.67. The van der Waals surface area contributed by atoms with Gasteiger partial charge in [0, 0.05) is 12.8 Å². The van der Waals surface area contributed by atoms with Gasteiger partial charge in [0.05, 0.1) is 17.8 Å². The fourth-order valence-corrected chi connectivity index (χ4v) is 3.14. The number of ether oxygens (including phenoxy) is 2. The van der Waals surface area contributed by atoms with Crippen LogP contribution in [0.25, 0.3) is 0 Å². The first kappa shape index (κ1) is 13.7. The third-order valence-electron chi connectivity index (χ3n) is 3.93. The minimum absolute atomic E-state index is 0.00839. The molecule has 2 aliphatic rings. The van der Waals surface area contributed by atoms with Gasteiger partial charge in [-0.3, -0.25) is 0 Å². The van der Waals surface area contributed by atoms with Crippen molar-refractivity contribution < 1.29 is 27.8 Å². The summed E-state index contributed by atoms with van der Waals surface area (Å²) in [4.78, 5) is 0. The van der Waals surface area contributed by atoms with Crippen molar-refractivity contribution in [1.82, 2.24) is 0 Å². The normalized spacial score (nSPS) is 33.2. The summed E-state index contributed by atoms with van der Waals surface area (Å²) < 4.78 is 46.3. The number of alkyl halides is 3. The molecule has 0 spiro atoms. The van der Waals surface area contributed by atoms with Crippen molar-refractivity contribution in [1.29, 1.82) is 0 Å². The summed E-state index contributed by atoms with van der Waals surface area (Å²) in [6.45, 7) is 0. The van der Waals surface area contributed by atoms with Crippen molar-refractivity contribution in [3.63, 3.8) is 0 Å². The highest BCUT2D eigenvalue weighted by Gasteiger charge is 2.45. The van der Waals surface area contributed by atoms with Gasteiger partial charge in [-0.1, -0.05) is 12.1 Å². The van der Waals surface area contributed by atoms with Crippen molar-refractivity contribution >= 4 is 0 Å². The smallest absolute Gasteiger partial charge is 0.406 e. The zero-order valence-electron chi connectivity index (χ0n) is 10.7. The molecule has 1 N–H and O–H groups in total. The molecule has 110 valence electrons. The first-order valence-corrected chi connectivity index (χ1v) is 6.58. The number of rotatable bonds is 2. The molecule has 3 rings (SSSR count). The molecule has 0 radical (unpaired) electrons. The first-order chi connectivity index (χ1) is 9.34. The van der Waals surface area contributed by atoms with Crippen LogP contribution in [0, 0.1) is 0 Å². The summed E-state index contributed by atoms with van der Waals surface area (Å²) in [6, 6.07) is 5.59. The van der Waals surface area contributed by atoms with E-state index in [9.17, 15) is 18.3 Å². The highest BCUT2D eigenvalue weighted by molar-refractivity contribution is 5.33. The molecular weight excluding hydrogens is 273 g/mol. The van der Waals surface area contributed by atoms with Crippen LogP contribution in [0.3, 0.4) is 0 Å². The van der Waals surface area contributed by atoms with E-state index in [2.05, 4.69) is 4.74 Å². The predicted octanol–water partition coefficient (Wildman–Crippen LogP) is 3.11. The maximum Gasteiger partial charge on any atom is 0.573 e. The van der Waals surface area contributed by atoms with Crippen LogP contribution in [0.2, 0.25) is 0 Å². The topological polar surface area (TPSA) is 38.7 Å². The van der Waals surface area contributed by atoms with Crippen LogP contribution >= 0.6 is 0 Å². The Bertz CT molecular complexity index is 489. The number of halogens is 3. The van der Waals surface area contributed by atoms with E-state index >= 15 is 0 Å². The maximum absolute atomic E-state index is 12.2. The maximum atomic E-state index is 12.2. The Morgan fingerprint density at radius 1 is 1.20 bits per heavy atom. The summed E-state index contributed by atoms with van der Waals surface area (Å²) in [5.74, 6) is -0.303. The summed E-state index contributed by atoms with van der Waals surface area (Å²) in [5.41, 5.74) is -0.672. The fraction of sp³-hybridized carbons (Fsp3) is 0.571. The van der Waals surface area contributed by atoms with E-state index in [1.807, 2.05) is 0 Å². The molecule has 20 heavy (non-hydrogen) atoms. The molecule has 0 aromatic heterocycles. The van der Waals surface area contributed by atoms with E-state index in [1.54, 1.807) is 6.07 Å². The molecule has 2 fully saturated rings. The summed E-state index contributed by atoms with van der Waals surface area (Å²) in [6.07, 6.45) is -2.12. The summed E-state index contributed by atoms with van der Waals surface area (Å²) in [5, 5.41) is 10.7. The quantitative estimate of drug-likeness (QED) is 0.908. The van der Waals surface area contributed by atoms with Crippen LogP contribution in [0.15, 0.2) is 24.3 Å². The van der Waals surface area contributed by atoms with Crippen LogP contribution < -0.4 is 4.74 Å². The van der Waals surface area contributed by atoms with Gasteiger partial charge in [-0.15, -0.1) is 13.2 Å². The van der Waals surface area contributed by atoms with E-state index < -0.39 is 12.0 Å². The highest BCUT2D eigenvalue weighted by Crippen LogP contribution is 2.44. The van der Waals surface area contributed by atoms with Crippen molar-refractivity contribution in [3.05, 3.63) is 29.8 Å². The standard InChI is InChI=1S/C14H15F3O3/c15-14(16,17)20-10-3-1-2-9(6-10)13(18)7-11-4-5-12(8-13)19-11/h1-3,6,11-12,18H,4-5,7-8H2. The fourth-order valence-electron chi connectivity index (χ4n) is 3.14. The van der Waals surface area contributed by atoms with E-state index in [-0.39, 0.29) is 18.0 Å². The van der Waals surface area contributed by atoms with Crippen molar-refractivity contribution in [2.24, 2.45) is 0 Å². The van der Waals surface area contributed by atoms with Crippen LogP contribution in [-0.4, -0.2) is 23.7 Å². The van der Waals surface area contributed by atoms with Gasteiger partial charge in [0.1, 0.15) is 5.75 Å². The third kappa shape index (κ3) is 2.76. The lowest BCUT2D eigenvalue weighted by Gasteiger charge is -2.37. The Morgan fingerprint density at radius 2 is 1.85 bits per heavy atom. The van der Waals surface area contributed by atoms with Gasteiger partial charge < -0.3 is 14.6 Å². The molecule has 3 nitrogen and oxygen atoms in total. The molecule has 2 unspecified atom stereocenters. The van der Waals surface area contributed by atoms with Gasteiger partial charge in [-0.25, -0.2) is 0 Å². The molecule has 6 heteroatoms. The third-order valence-corrected chi connectivity index (χ3v) is 3.93. The minimum Gasteiger partial charge on any atom is -0.406 e. The lowest BCUT2D eigenvalue weighted by atomic mass is 9.83. The molecule has 0 saturated carbocycles. The molecule has 0 amide bonds. The summed E-state index contributed by atoms with van der Waals surface area (Å²) >= 11 is 0. The second-order valence-corrected chi connectivity index (χ2v) is 5.47. The number of hydrogen-bond acceptors (Lipinski definition) is 3. The van der Waals surface area contributed by atoms with Gasteiger partial charge in [-0.2, -0.15) is 0 Å². The second-order valence-electron chi connectivity index (χ2n) is 5.47. The Balaban J connectivity index is 1.84. The molecule has 0 aliphatic carbocycles. The SMILES string of the molecule is OC1(c2cccc(OC(F)(F)F)c2)CC2CCC(C1)O2. The van der Waals surface area contributed by atoms with Gasteiger partial charge in [0.15, 0.2) is 0 Å². The number of benzene rings is 1. The van der Waals surface area contributed by atoms with E-state index in [0.717, 1.165) is 12.8 Å². The lowest BCUT2D eigenvalue weighted by molar-refractivity contribution is -0.274. The molecule has 2 atom stereocenters. The molecule has 2 aliphatic heterocycles. The minimum atomic E-state index is -4.73. The Labute approximate surface area is 114 Å². The number of aliphatic hydroxyl groups is 1. The molecule has 1 aromatic carbocycles. The van der Waals surface area contributed by atoms with Gasteiger partial charge in [0.2, 0.25) is 0 Å². The lowest BCUT2D eigenvalue weighted by Crippen LogP contribution is -2.38. The van der Waals surface area contributed by atoms with Crippen LogP contribution in [0.4, 0.5) is 13.2 Å². The second kappa shape index (κ2) is 4.63. The molecule has 2 heterocycles. The largest absolute Gasteiger partial charge is 0.573 e. The Kier molecular flexibility index (Phi) is 3.17. The Hall–Kier alpha value is -1.27. The Morgan fingerprint density at radius 3 is 2.45 bits per heavy atom. The monoisotopic (exact) mass is 288 g/mol. The van der Waals surface area contributed by atoms with Gasteiger partial charge in [0.25, 0.3) is 0 Å². The summed E-state index contributed by atoms with van der Waals surface area (Å²) in [7, 11) is 0. The highest BCUT2D eigenvalue weighted by atomic mass is 19.4. The first-order valence-electron chi connectivity index (χ1n) is 6.58. The van der Waals surface area contributed by atoms with Gasteiger partial charge in [-0.05, 0) is 30.5 Å². The molecule has 1 aromatic rings. The molecule has 2 saturated heterocycles. The molecular formula is C14H15F3O3. The number of hydrogen-bond donors (Lipinski definition) is 1. The van der Waals surface area contributed by atoms with Crippen molar-refractivity contribution in [2.45, 2.75) is 49.9 Å². The predicted molar refractivity (Wildman–Crippen MR) is 64.2 cm³/mol. The zero-order chi connectivity index (χ0) is 14.4. The zero-order valence-corrected chi connectivity index (χ0v) is 10.7. The number of fused-ring (bicyclic) bond motifs is 2. The van der Waals surface area contributed by atoms with Crippen molar-refractivity contribution in [2.75, 3.05) is 0 Å². The van der Waals surface area contributed by atoms with Gasteiger partial charge >= 0.3 is 6.36 Å². The van der Waals surface area contributed by atoms with Crippen LogP contribution in [-0.2, 0) is 10.3 Å². The van der Waals surface area contributed by atoms with E-state index in [1.165, 1.54) is 18.2 Å².